The van der Waals surface area contributed by atoms with Gasteiger partial charge in [0.2, 0.25) is 0 Å². The molecule has 0 aromatic heterocycles. The van der Waals surface area contributed by atoms with E-state index in [2.05, 4.69) is 127 Å². The fourth-order valence-corrected chi connectivity index (χ4v) is 9.74. The van der Waals surface area contributed by atoms with E-state index in [1.165, 1.54) is 89.0 Å². The first kappa shape index (κ1) is 29.8. The van der Waals surface area contributed by atoms with Crippen molar-refractivity contribution in [3.8, 4) is 44.5 Å². The predicted molar refractivity (Wildman–Crippen MR) is 214 cm³/mol. The van der Waals surface area contributed by atoms with Gasteiger partial charge in [-0.2, -0.15) is 0 Å². The number of fused-ring (bicyclic) bond motifs is 8. The summed E-state index contributed by atoms with van der Waals surface area (Å²) in [6, 6.07) is 52.5. The Morgan fingerprint density at radius 1 is 0.481 bits per heavy atom. The summed E-state index contributed by atoms with van der Waals surface area (Å²) in [7, 11) is 6.33. The zero-order chi connectivity index (χ0) is 34.6. The molecule has 1 nitrogen and oxygen atoms in total. The van der Waals surface area contributed by atoms with Crippen LogP contribution < -0.4 is 0 Å². The van der Waals surface area contributed by atoms with Gasteiger partial charge in [-0.05, 0) is 42.4 Å². The number of aryl methyl sites for hydroxylation is 4. The van der Waals surface area contributed by atoms with Crippen LogP contribution in [0.1, 0.15) is 71.9 Å². The second kappa shape index (κ2) is 11.1. The molecule has 243 valence electrons. The Balaban J connectivity index is 1.16. The summed E-state index contributed by atoms with van der Waals surface area (Å²) in [5, 5.41) is 0. The normalized spacial score (nSPS) is 16.2. The third-order valence-corrected chi connectivity index (χ3v) is 12.6. The van der Waals surface area contributed by atoms with Crippen molar-refractivity contribution in [2.75, 3.05) is 0 Å². The van der Waals surface area contributed by atoms with Gasteiger partial charge in [0, 0.05) is 0 Å². The van der Waals surface area contributed by atoms with Crippen LogP contribution in [0.15, 0.2) is 140 Å². The Morgan fingerprint density at radius 2 is 1.00 bits per heavy atom. The van der Waals surface area contributed by atoms with Gasteiger partial charge in [-0.15, -0.1) is 0 Å². The second-order valence-electron chi connectivity index (χ2n) is 15.0. The third kappa shape index (κ3) is 4.07. The first-order valence-corrected chi connectivity index (χ1v) is 18.5. The van der Waals surface area contributed by atoms with Crippen molar-refractivity contribution in [2.45, 2.75) is 37.0 Å². The molecular weight excluding hydrogens is 627 g/mol. The molecule has 0 saturated carbocycles. The molecule has 0 aliphatic heterocycles. The number of carbonyl (C=O) groups excluding carboxylic acids is 1. The van der Waals surface area contributed by atoms with E-state index >= 15 is 0 Å². The summed E-state index contributed by atoms with van der Waals surface area (Å²) in [5.41, 5.74) is 23.5. The van der Waals surface area contributed by atoms with E-state index in [1.807, 2.05) is 12.1 Å². The zero-order valence-electron chi connectivity index (χ0n) is 28.8. The second-order valence-corrected chi connectivity index (χ2v) is 15.0. The number of aldehydes is 1. The summed E-state index contributed by atoms with van der Waals surface area (Å²) in [5.74, 6) is 1.71. The maximum absolute atomic E-state index is 11.7. The van der Waals surface area contributed by atoms with Crippen molar-refractivity contribution < 1.29 is 4.79 Å². The van der Waals surface area contributed by atoms with E-state index in [-0.39, 0.29) is 5.92 Å². The van der Waals surface area contributed by atoms with Crippen LogP contribution in [0.4, 0.5) is 0 Å². The van der Waals surface area contributed by atoms with Crippen molar-refractivity contribution in [3.05, 3.63) is 201 Å². The van der Waals surface area contributed by atoms with E-state index in [0.717, 1.165) is 43.1 Å². The van der Waals surface area contributed by atoms with E-state index in [4.69, 9.17) is 7.49 Å². The fourth-order valence-electron chi connectivity index (χ4n) is 9.74. The monoisotopic (exact) mass is 661 g/mol. The number of rotatable bonds is 6. The van der Waals surface area contributed by atoms with E-state index < -0.39 is 5.41 Å². The van der Waals surface area contributed by atoms with Crippen LogP contribution in [-0.4, -0.2) is 19.7 Å². The molecule has 1 radical (unpaired) electrons. The van der Waals surface area contributed by atoms with Gasteiger partial charge in [0.1, 0.15) is 0 Å². The van der Waals surface area contributed by atoms with Crippen LogP contribution in [0.2, 0.25) is 0 Å². The van der Waals surface area contributed by atoms with E-state index in [0.29, 0.717) is 5.56 Å². The maximum atomic E-state index is 11.7. The zero-order valence-corrected chi connectivity index (χ0v) is 28.8. The molecule has 4 aliphatic rings. The van der Waals surface area contributed by atoms with E-state index in [1.54, 1.807) is 5.97 Å². The topological polar surface area (TPSA) is 17.1 Å². The molecule has 11 rings (SSSR count). The van der Waals surface area contributed by atoms with Gasteiger partial charge in [-0.3, -0.25) is 0 Å². The first-order valence-electron chi connectivity index (χ1n) is 18.5. The average Bonchev–Trinajstić information content (AvgIpc) is 3.64. The number of hydrogen-bond acceptors (Lipinski definition) is 1. The first-order chi connectivity index (χ1) is 25.6. The fraction of sp³-hybridized carbons (Fsp3) is 0.120. The molecule has 1 unspecified atom stereocenters. The Bertz CT molecular complexity index is 2630. The molecule has 0 heterocycles. The van der Waals surface area contributed by atoms with Gasteiger partial charge in [0.05, 0.1) is 0 Å². The SMILES string of the molecule is [B]=CC1c2cc(C=O)ccc2-c2ccc(-c3ccc4c(c3)C(c3ccc5c(c3)CC5)(c3ccc5c(c3)CC5)c3cc(-c5ccccc5)ccc3-4)cc21. The summed E-state index contributed by atoms with van der Waals surface area (Å²) in [6.07, 6.45) is 5.52. The molecule has 4 aliphatic carbocycles. The van der Waals surface area contributed by atoms with Crippen LogP contribution in [0.25, 0.3) is 44.5 Å². The van der Waals surface area contributed by atoms with Crippen molar-refractivity contribution in [2.24, 2.45) is 0 Å². The predicted octanol–water partition coefficient (Wildman–Crippen LogP) is 10.5. The van der Waals surface area contributed by atoms with Gasteiger partial charge in [-0.1, -0.05) is 30.3 Å². The molecule has 7 aromatic carbocycles. The molecule has 52 heavy (non-hydrogen) atoms. The number of carbonyl (C=O) groups is 1. The van der Waals surface area contributed by atoms with Crippen LogP contribution in [0.3, 0.4) is 0 Å². The Morgan fingerprint density at radius 3 is 1.54 bits per heavy atom. The van der Waals surface area contributed by atoms with Crippen molar-refractivity contribution >= 4 is 19.7 Å². The molecule has 2 heteroatoms. The third-order valence-electron chi connectivity index (χ3n) is 12.6. The van der Waals surface area contributed by atoms with Crippen LogP contribution >= 0.6 is 0 Å². The number of benzene rings is 7. The Kier molecular flexibility index (Phi) is 6.35. The average molecular weight is 662 g/mol. The summed E-state index contributed by atoms with van der Waals surface area (Å²) < 4.78 is 0. The van der Waals surface area contributed by atoms with Gasteiger partial charge in [0.15, 0.2) is 0 Å². The van der Waals surface area contributed by atoms with Gasteiger partial charge in [-0.25, -0.2) is 0 Å². The van der Waals surface area contributed by atoms with Crippen LogP contribution in [-0.2, 0) is 31.1 Å². The summed E-state index contributed by atoms with van der Waals surface area (Å²) >= 11 is 0. The van der Waals surface area contributed by atoms with Crippen molar-refractivity contribution in [3.63, 3.8) is 0 Å². The standard InChI is InChI=1S/C50H34BO/c51-28-47-45-22-30(29-52)6-18-41(45)42-19-13-36(25-46(42)47)38-15-21-44-43-20-14-37(31-4-2-1-3-5-31)26-48(43)50(49(44)27-38,39-16-11-32-7-9-34(32)23-39)40-17-12-33-8-10-35(33)24-40/h1-6,11-29,47H,7-10H2. The Labute approximate surface area is 305 Å². The molecule has 1 atom stereocenters. The molecule has 0 N–H and O–H groups in total. The van der Waals surface area contributed by atoms with Crippen LogP contribution in [0, 0.1) is 0 Å². The molecule has 0 spiro atoms. The van der Waals surface area contributed by atoms with Gasteiger partial charge < -0.3 is 0 Å². The molecule has 7 aromatic rings. The minimum absolute atomic E-state index is 0.0658. The summed E-state index contributed by atoms with van der Waals surface area (Å²) in [4.78, 5) is 11.7. The van der Waals surface area contributed by atoms with E-state index in [9.17, 15) is 4.79 Å². The summed E-state index contributed by atoms with van der Waals surface area (Å²) in [6.45, 7) is 0. The quantitative estimate of drug-likeness (QED) is 0.128. The molecule has 0 amide bonds. The van der Waals surface area contributed by atoms with Crippen molar-refractivity contribution in [1.82, 2.24) is 0 Å². The minimum atomic E-state index is -0.480. The molecule has 0 saturated heterocycles. The van der Waals surface area contributed by atoms with Crippen molar-refractivity contribution in [1.29, 1.82) is 0 Å². The molecule has 0 bridgehead atoms. The molecular formula is C50H34BO. The Hall–Kier alpha value is -5.86. The number of hydrogen-bond donors (Lipinski definition) is 0. The van der Waals surface area contributed by atoms with Crippen LogP contribution in [0.5, 0.6) is 0 Å². The van der Waals surface area contributed by atoms with Gasteiger partial charge in [0.25, 0.3) is 0 Å². The van der Waals surface area contributed by atoms with Gasteiger partial charge >= 0.3 is 234 Å². The molecule has 0 fully saturated rings.